The van der Waals surface area contributed by atoms with Crippen LogP contribution in [0, 0.1) is 5.82 Å². The molecular formula is C23H23ClFNO3. The fraction of sp³-hybridized carbons (Fsp3) is 0.348. The molecule has 1 saturated heterocycles. The highest BCUT2D eigenvalue weighted by Gasteiger charge is 2.42. The normalized spacial score (nSPS) is 18.1. The van der Waals surface area contributed by atoms with Gasteiger partial charge in [-0.15, -0.1) is 0 Å². The van der Waals surface area contributed by atoms with Crippen LogP contribution in [-0.4, -0.2) is 42.2 Å². The van der Waals surface area contributed by atoms with Gasteiger partial charge in [-0.25, -0.2) is 4.39 Å². The summed E-state index contributed by atoms with van der Waals surface area (Å²) in [5.74, 6) is -0.220. The van der Waals surface area contributed by atoms with Crippen molar-refractivity contribution in [2.24, 2.45) is 0 Å². The molecule has 0 amide bonds. The van der Waals surface area contributed by atoms with Crippen LogP contribution in [0.15, 0.2) is 36.4 Å². The smallest absolute Gasteiger partial charge is 0.304 e. The summed E-state index contributed by atoms with van der Waals surface area (Å²) in [6, 6.07) is 10.8. The average Bonchev–Trinajstić information content (AvgIpc) is 3.05. The van der Waals surface area contributed by atoms with Gasteiger partial charge in [0.1, 0.15) is 11.6 Å². The van der Waals surface area contributed by atoms with Crippen molar-refractivity contribution in [2.75, 3.05) is 26.2 Å². The molecule has 0 radical (unpaired) electrons. The van der Waals surface area contributed by atoms with Crippen LogP contribution in [-0.2, 0) is 10.2 Å². The van der Waals surface area contributed by atoms with Gasteiger partial charge in [0.2, 0.25) is 0 Å². The zero-order chi connectivity index (χ0) is 20.4. The lowest BCUT2D eigenvalue weighted by Gasteiger charge is -2.38. The number of benzene rings is 2. The Morgan fingerprint density at radius 3 is 2.76 bits per heavy atom. The topological polar surface area (TPSA) is 49.8 Å². The average molecular weight is 416 g/mol. The summed E-state index contributed by atoms with van der Waals surface area (Å²) < 4.78 is 20.0. The van der Waals surface area contributed by atoms with E-state index in [1.165, 1.54) is 11.6 Å². The van der Waals surface area contributed by atoms with Crippen LogP contribution in [0.4, 0.5) is 4.39 Å². The molecule has 4 rings (SSSR count). The van der Waals surface area contributed by atoms with Gasteiger partial charge in [-0.05, 0) is 55.8 Å². The quantitative estimate of drug-likeness (QED) is 0.709. The molecule has 2 heterocycles. The molecule has 0 bridgehead atoms. The highest BCUT2D eigenvalue weighted by Crippen LogP contribution is 2.46. The van der Waals surface area contributed by atoms with E-state index in [-0.39, 0.29) is 17.7 Å². The van der Waals surface area contributed by atoms with E-state index in [1.807, 2.05) is 18.2 Å². The number of rotatable bonds is 5. The SMILES string of the molecule is O=C(O)CCN1CCC2(CC1)COc1cc(C=Cc3c(F)cccc3Cl)ccc12. The van der Waals surface area contributed by atoms with Crippen molar-refractivity contribution >= 4 is 29.7 Å². The molecule has 1 fully saturated rings. The summed E-state index contributed by atoms with van der Waals surface area (Å²) in [6.45, 7) is 3.01. The summed E-state index contributed by atoms with van der Waals surface area (Å²) in [6.07, 6.45) is 5.62. The van der Waals surface area contributed by atoms with Gasteiger partial charge in [0, 0.05) is 23.1 Å². The number of piperidine rings is 1. The molecule has 2 aliphatic heterocycles. The Hall–Kier alpha value is -2.37. The number of likely N-dealkylation sites (tertiary alicyclic amines) is 1. The number of nitrogens with zero attached hydrogens (tertiary/aromatic N) is 1. The molecule has 2 aromatic rings. The first-order chi connectivity index (χ1) is 14.0. The molecule has 4 nitrogen and oxygen atoms in total. The fourth-order valence-electron chi connectivity index (χ4n) is 4.22. The van der Waals surface area contributed by atoms with Gasteiger partial charge in [-0.1, -0.05) is 35.9 Å². The molecule has 1 N–H and O–H groups in total. The second kappa shape index (κ2) is 8.17. The maximum absolute atomic E-state index is 13.9. The predicted octanol–water partition coefficient (Wildman–Crippen LogP) is 4.85. The molecule has 0 saturated carbocycles. The van der Waals surface area contributed by atoms with Crippen LogP contribution in [0.1, 0.15) is 36.0 Å². The van der Waals surface area contributed by atoms with Gasteiger partial charge < -0.3 is 14.7 Å². The zero-order valence-corrected chi connectivity index (χ0v) is 16.8. The molecule has 6 heteroatoms. The Kier molecular flexibility index (Phi) is 5.61. The van der Waals surface area contributed by atoms with E-state index >= 15 is 0 Å². The Balaban J connectivity index is 1.47. The fourth-order valence-corrected chi connectivity index (χ4v) is 4.44. The molecular weight excluding hydrogens is 393 g/mol. The summed E-state index contributed by atoms with van der Waals surface area (Å²) in [5.41, 5.74) is 2.53. The van der Waals surface area contributed by atoms with Crippen molar-refractivity contribution in [1.29, 1.82) is 0 Å². The van der Waals surface area contributed by atoms with E-state index < -0.39 is 5.97 Å². The monoisotopic (exact) mass is 415 g/mol. The lowest BCUT2D eigenvalue weighted by Crippen LogP contribution is -2.44. The Morgan fingerprint density at radius 1 is 1.24 bits per heavy atom. The highest BCUT2D eigenvalue weighted by molar-refractivity contribution is 6.32. The minimum absolute atomic E-state index is 0.00610. The molecule has 2 aromatic carbocycles. The van der Waals surface area contributed by atoms with E-state index in [2.05, 4.69) is 11.0 Å². The molecule has 0 unspecified atom stereocenters. The third kappa shape index (κ3) is 4.16. The molecule has 0 atom stereocenters. The van der Waals surface area contributed by atoms with Crippen molar-refractivity contribution in [3.05, 3.63) is 63.9 Å². The summed E-state index contributed by atoms with van der Waals surface area (Å²) in [7, 11) is 0. The molecule has 152 valence electrons. The van der Waals surface area contributed by atoms with E-state index in [1.54, 1.807) is 18.2 Å². The molecule has 2 aliphatic rings. The minimum Gasteiger partial charge on any atom is -0.492 e. The van der Waals surface area contributed by atoms with Crippen LogP contribution in [0.5, 0.6) is 5.75 Å². The second-order valence-corrected chi connectivity index (χ2v) is 8.19. The predicted molar refractivity (Wildman–Crippen MR) is 112 cm³/mol. The number of carboxylic acid groups (broad SMARTS) is 1. The third-order valence-corrected chi connectivity index (χ3v) is 6.31. The Morgan fingerprint density at radius 2 is 2.03 bits per heavy atom. The number of hydrogen-bond donors (Lipinski definition) is 1. The number of aliphatic carboxylic acids is 1. The first kappa shape index (κ1) is 19.9. The maximum Gasteiger partial charge on any atom is 0.304 e. The van der Waals surface area contributed by atoms with Gasteiger partial charge in [0.05, 0.1) is 18.1 Å². The van der Waals surface area contributed by atoms with Crippen molar-refractivity contribution in [1.82, 2.24) is 4.90 Å². The molecule has 0 aromatic heterocycles. The zero-order valence-electron chi connectivity index (χ0n) is 16.0. The van der Waals surface area contributed by atoms with Crippen LogP contribution in [0.3, 0.4) is 0 Å². The minimum atomic E-state index is -0.753. The molecule has 1 spiro atoms. The number of fused-ring (bicyclic) bond motifs is 2. The van der Waals surface area contributed by atoms with Gasteiger partial charge >= 0.3 is 5.97 Å². The lowest BCUT2D eigenvalue weighted by atomic mass is 9.74. The summed E-state index contributed by atoms with van der Waals surface area (Å²) >= 11 is 6.09. The maximum atomic E-state index is 13.9. The van der Waals surface area contributed by atoms with E-state index in [0.717, 1.165) is 37.2 Å². The number of carbonyl (C=O) groups is 1. The first-order valence-corrected chi connectivity index (χ1v) is 10.2. The molecule has 29 heavy (non-hydrogen) atoms. The Bertz CT molecular complexity index is 931. The van der Waals surface area contributed by atoms with Crippen molar-refractivity contribution in [2.45, 2.75) is 24.7 Å². The van der Waals surface area contributed by atoms with Crippen LogP contribution in [0.25, 0.3) is 12.2 Å². The largest absolute Gasteiger partial charge is 0.492 e. The second-order valence-electron chi connectivity index (χ2n) is 7.78. The van der Waals surface area contributed by atoms with E-state index in [0.29, 0.717) is 23.7 Å². The number of halogens is 2. The number of hydrogen-bond acceptors (Lipinski definition) is 3. The van der Waals surface area contributed by atoms with E-state index in [4.69, 9.17) is 21.4 Å². The standard InChI is InChI=1S/C23H23ClFNO3/c24-19-2-1-3-20(25)17(19)6-4-16-5-7-18-21(14-16)29-15-23(18)9-12-26(13-10-23)11-8-22(27)28/h1-7,14H,8-13,15H2,(H,27,28). The number of ether oxygens (including phenoxy) is 1. The number of carboxylic acids is 1. The van der Waals surface area contributed by atoms with Crippen LogP contribution >= 0.6 is 11.6 Å². The third-order valence-electron chi connectivity index (χ3n) is 5.98. The Labute approximate surface area is 174 Å². The first-order valence-electron chi connectivity index (χ1n) is 9.80. The highest BCUT2D eigenvalue weighted by atomic mass is 35.5. The van der Waals surface area contributed by atoms with Gasteiger partial charge in [-0.3, -0.25) is 4.79 Å². The van der Waals surface area contributed by atoms with Crippen molar-refractivity contribution in [3.63, 3.8) is 0 Å². The van der Waals surface area contributed by atoms with Crippen molar-refractivity contribution in [3.8, 4) is 5.75 Å². The summed E-state index contributed by atoms with van der Waals surface area (Å²) in [4.78, 5) is 13.0. The van der Waals surface area contributed by atoms with E-state index in [9.17, 15) is 9.18 Å². The molecule has 0 aliphatic carbocycles. The summed E-state index contributed by atoms with van der Waals surface area (Å²) in [5, 5.41) is 9.25. The van der Waals surface area contributed by atoms with Gasteiger partial charge in [0.15, 0.2) is 0 Å². The van der Waals surface area contributed by atoms with Gasteiger partial charge in [0.25, 0.3) is 0 Å². The lowest BCUT2D eigenvalue weighted by molar-refractivity contribution is -0.137. The van der Waals surface area contributed by atoms with Crippen LogP contribution in [0.2, 0.25) is 5.02 Å². The van der Waals surface area contributed by atoms with Crippen LogP contribution < -0.4 is 4.74 Å². The van der Waals surface area contributed by atoms with Crippen molar-refractivity contribution < 1.29 is 19.0 Å². The van der Waals surface area contributed by atoms with Gasteiger partial charge in [-0.2, -0.15) is 0 Å².